The first-order valence-electron chi connectivity index (χ1n) is 10.5. The number of benzene rings is 2. The Kier molecular flexibility index (Phi) is 8.53. The van der Waals surface area contributed by atoms with Crippen LogP contribution in [0.5, 0.6) is 0 Å². The molecule has 5 nitrogen and oxygen atoms in total. The smallest absolute Gasteiger partial charge is 0.223 e. The fourth-order valence-corrected chi connectivity index (χ4v) is 4.12. The highest BCUT2D eigenvalue weighted by atomic mass is 35.5. The van der Waals surface area contributed by atoms with Crippen molar-refractivity contribution < 1.29 is 22.7 Å². The molecule has 0 spiro atoms. The second kappa shape index (κ2) is 11.1. The number of ether oxygens (including phenoxy) is 1. The molecule has 1 amide bonds. The SMILES string of the molecule is CN(C[C@@H](c1ccccc1Cl)N1CCOCC1)C(=O)CC(N)Cc1cc(F)c(F)cc1F. The molecule has 0 aliphatic carbocycles. The molecule has 1 saturated heterocycles. The van der Waals surface area contributed by atoms with Crippen molar-refractivity contribution in [1.82, 2.24) is 9.80 Å². The predicted octanol–water partition coefficient (Wildman–Crippen LogP) is 3.55. The van der Waals surface area contributed by atoms with Crippen LogP contribution in [-0.2, 0) is 16.0 Å². The van der Waals surface area contributed by atoms with Crippen LogP contribution in [0.3, 0.4) is 0 Å². The summed E-state index contributed by atoms with van der Waals surface area (Å²) in [6, 6.07) is 7.92. The van der Waals surface area contributed by atoms with Crippen molar-refractivity contribution in [2.45, 2.75) is 24.9 Å². The summed E-state index contributed by atoms with van der Waals surface area (Å²) in [5.74, 6) is -3.52. The molecule has 1 aliphatic rings. The molecule has 0 radical (unpaired) electrons. The first kappa shape index (κ1) is 24.5. The normalized spacial score (nSPS) is 16.6. The van der Waals surface area contributed by atoms with Gasteiger partial charge in [-0.15, -0.1) is 0 Å². The Morgan fingerprint density at radius 2 is 1.81 bits per heavy atom. The highest BCUT2D eigenvalue weighted by molar-refractivity contribution is 6.31. The molecule has 1 heterocycles. The van der Waals surface area contributed by atoms with Gasteiger partial charge in [-0.25, -0.2) is 13.2 Å². The predicted molar refractivity (Wildman–Crippen MR) is 117 cm³/mol. The van der Waals surface area contributed by atoms with Crippen LogP contribution in [0.15, 0.2) is 36.4 Å². The van der Waals surface area contributed by atoms with Crippen LogP contribution in [0, 0.1) is 17.5 Å². The highest BCUT2D eigenvalue weighted by Gasteiger charge is 2.27. The molecule has 2 atom stereocenters. The number of likely N-dealkylation sites (N-methyl/N-ethyl adjacent to an activating group) is 1. The van der Waals surface area contributed by atoms with Crippen molar-refractivity contribution in [1.29, 1.82) is 0 Å². The molecular formula is C23H27ClF3N3O2. The molecule has 1 unspecified atom stereocenters. The summed E-state index contributed by atoms with van der Waals surface area (Å²) in [5, 5.41) is 0.621. The van der Waals surface area contributed by atoms with E-state index in [-0.39, 0.29) is 30.4 Å². The average Bonchev–Trinajstić information content (AvgIpc) is 2.76. The largest absolute Gasteiger partial charge is 0.379 e. The summed E-state index contributed by atoms with van der Waals surface area (Å²) in [5.41, 5.74) is 6.89. The zero-order chi connectivity index (χ0) is 23.3. The maximum absolute atomic E-state index is 13.9. The van der Waals surface area contributed by atoms with E-state index in [4.69, 9.17) is 22.1 Å². The number of rotatable bonds is 8. The zero-order valence-corrected chi connectivity index (χ0v) is 18.6. The number of morpholine rings is 1. The van der Waals surface area contributed by atoms with Gasteiger partial charge in [-0.2, -0.15) is 0 Å². The summed E-state index contributed by atoms with van der Waals surface area (Å²) in [4.78, 5) is 16.6. The van der Waals surface area contributed by atoms with Crippen molar-refractivity contribution in [3.05, 3.63) is 70.0 Å². The topological polar surface area (TPSA) is 58.8 Å². The van der Waals surface area contributed by atoms with Crippen LogP contribution < -0.4 is 5.73 Å². The van der Waals surface area contributed by atoms with E-state index in [1.807, 2.05) is 24.3 Å². The van der Waals surface area contributed by atoms with Crippen LogP contribution in [0.4, 0.5) is 13.2 Å². The molecule has 0 bridgehead atoms. The Balaban J connectivity index is 1.66. The minimum atomic E-state index is -1.26. The van der Waals surface area contributed by atoms with Gasteiger partial charge in [-0.3, -0.25) is 9.69 Å². The van der Waals surface area contributed by atoms with Gasteiger partial charge in [0, 0.05) is 50.2 Å². The lowest BCUT2D eigenvalue weighted by Gasteiger charge is -2.37. The summed E-state index contributed by atoms with van der Waals surface area (Å²) >= 11 is 6.44. The van der Waals surface area contributed by atoms with Crippen LogP contribution in [0.25, 0.3) is 0 Å². The van der Waals surface area contributed by atoms with E-state index in [0.29, 0.717) is 43.9 Å². The summed E-state index contributed by atoms with van der Waals surface area (Å²) in [7, 11) is 1.68. The van der Waals surface area contributed by atoms with Gasteiger partial charge in [-0.05, 0) is 29.7 Å². The molecule has 2 N–H and O–H groups in total. The molecule has 3 rings (SSSR count). The molecule has 174 valence electrons. The van der Waals surface area contributed by atoms with Gasteiger partial charge in [0.25, 0.3) is 0 Å². The van der Waals surface area contributed by atoms with E-state index in [9.17, 15) is 18.0 Å². The molecule has 0 aromatic heterocycles. The number of carbonyl (C=O) groups is 1. The first-order chi connectivity index (χ1) is 15.3. The van der Waals surface area contributed by atoms with E-state index >= 15 is 0 Å². The summed E-state index contributed by atoms with van der Waals surface area (Å²) < 4.78 is 45.9. The standard InChI is InChI=1S/C23H27ClF3N3O2/c1-29(23(31)12-16(28)10-15-11-20(26)21(27)13-19(15)25)14-22(30-6-8-32-9-7-30)17-4-2-3-5-18(17)24/h2-5,11,13,16,22H,6-10,12,14,28H2,1H3/t16?,22-/m0/s1. The molecule has 2 aromatic rings. The summed E-state index contributed by atoms with van der Waals surface area (Å²) in [6.45, 7) is 3.01. The molecular weight excluding hydrogens is 443 g/mol. The second-order valence-electron chi connectivity index (χ2n) is 7.99. The third-order valence-electron chi connectivity index (χ3n) is 5.63. The number of nitrogens with two attached hydrogens (primary N) is 1. The van der Waals surface area contributed by atoms with Gasteiger partial charge < -0.3 is 15.4 Å². The fourth-order valence-electron chi connectivity index (χ4n) is 3.86. The highest BCUT2D eigenvalue weighted by Crippen LogP contribution is 2.29. The van der Waals surface area contributed by atoms with Crippen LogP contribution in [0.1, 0.15) is 23.6 Å². The van der Waals surface area contributed by atoms with Gasteiger partial charge in [0.15, 0.2) is 11.6 Å². The maximum atomic E-state index is 13.9. The third kappa shape index (κ3) is 6.22. The van der Waals surface area contributed by atoms with Gasteiger partial charge in [0.05, 0.1) is 19.3 Å². The maximum Gasteiger partial charge on any atom is 0.223 e. The zero-order valence-electron chi connectivity index (χ0n) is 17.9. The Morgan fingerprint density at radius 1 is 1.16 bits per heavy atom. The molecule has 1 fully saturated rings. The number of carbonyl (C=O) groups excluding carboxylic acids is 1. The van der Waals surface area contributed by atoms with E-state index in [1.165, 1.54) is 0 Å². The molecule has 9 heteroatoms. The van der Waals surface area contributed by atoms with Gasteiger partial charge in [0.1, 0.15) is 5.82 Å². The Labute approximate surface area is 190 Å². The fraction of sp³-hybridized carbons (Fsp3) is 0.435. The molecule has 0 saturated carbocycles. The number of halogens is 4. The van der Waals surface area contributed by atoms with Gasteiger partial charge in [-0.1, -0.05) is 29.8 Å². The number of hydrogen-bond acceptors (Lipinski definition) is 4. The second-order valence-corrected chi connectivity index (χ2v) is 8.39. The van der Waals surface area contributed by atoms with E-state index in [2.05, 4.69) is 4.90 Å². The minimum absolute atomic E-state index is 0.0610. The van der Waals surface area contributed by atoms with Crippen molar-refractivity contribution >= 4 is 17.5 Å². The Morgan fingerprint density at radius 3 is 2.50 bits per heavy atom. The number of nitrogens with zero attached hydrogens (tertiary/aromatic N) is 2. The number of amides is 1. The van der Waals surface area contributed by atoms with Crippen molar-refractivity contribution in [3.8, 4) is 0 Å². The minimum Gasteiger partial charge on any atom is -0.379 e. The Hall–Kier alpha value is -2.13. The Bertz CT molecular complexity index is 941. The molecule has 2 aromatic carbocycles. The quantitative estimate of drug-likeness (QED) is 0.601. The van der Waals surface area contributed by atoms with E-state index in [0.717, 1.165) is 11.6 Å². The monoisotopic (exact) mass is 469 g/mol. The lowest BCUT2D eigenvalue weighted by atomic mass is 10.0. The van der Waals surface area contributed by atoms with E-state index in [1.54, 1.807) is 11.9 Å². The summed E-state index contributed by atoms with van der Waals surface area (Å²) in [6.07, 6.45) is -0.146. The first-order valence-corrected chi connectivity index (χ1v) is 10.8. The third-order valence-corrected chi connectivity index (χ3v) is 5.98. The number of hydrogen-bond donors (Lipinski definition) is 1. The van der Waals surface area contributed by atoms with Crippen molar-refractivity contribution in [2.24, 2.45) is 5.73 Å². The van der Waals surface area contributed by atoms with Crippen LogP contribution >= 0.6 is 11.6 Å². The van der Waals surface area contributed by atoms with Crippen LogP contribution in [-0.4, -0.2) is 61.6 Å². The van der Waals surface area contributed by atoms with Crippen molar-refractivity contribution in [2.75, 3.05) is 39.9 Å². The van der Waals surface area contributed by atoms with Crippen molar-refractivity contribution in [3.63, 3.8) is 0 Å². The van der Waals surface area contributed by atoms with Crippen LogP contribution in [0.2, 0.25) is 5.02 Å². The lowest BCUT2D eigenvalue weighted by molar-refractivity contribution is -0.131. The molecule has 32 heavy (non-hydrogen) atoms. The van der Waals surface area contributed by atoms with E-state index < -0.39 is 23.5 Å². The lowest BCUT2D eigenvalue weighted by Crippen LogP contribution is -2.45. The molecule has 1 aliphatic heterocycles. The average molecular weight is 470 g/mol. The van der Waals surface area contributed by atoms with Gasteiger partial charge in [0.2, 0.25) is 5.91 Å². The van der Waals surface area contributed by atoms with Gasteiger partial charge >= 0.3 is 0 Å².